The molecule has 1 aliphatic rings. The Balaban J connectivity index is 1.26. The minimum Gasteiger partial charge on any atom is -0.492 e. The van der Waals surface area contributed by atoms with Crippen molar-refractivity contribution in [2.45, 2.75) is 18.2 Å². The Morgan fingerprint density at radius 3 is 2.59 bits per heavy atom. The number of fused-ring (bicyclic) bond motifs is 2. The fourth-order valence-electron chi connectivity index (χ4n) is 4.63. The minimum atomic E-state index is -1.06. The van der Waals surface area contributed by atoms with Gasteiger partial charge in [-0.15, -0.1) is 0 Å². The van der Waals surface area contributed by atoms with E-state index in [0.29, 0.717) is 16.9 Å². The summed E-state index contributed by atoms with van der Waals surface area (Å²) >= 11 is 0. The number of amides is 1. The molecule has 1 aromatic heterocycles. The summed E-state index contributed by atoms with van der Waals surface area (Å²) in [6, 6.07) is 20.2. The Morgan fingerprint density at radius 2 is 1.82 bits per heavy atom. The molecule has 4 aromatic rings. The molecule has 8 heteroatoms. The molecule has 39 heavy (non-hydrogen) atoms. The van der Waals surface area contributed by atoms with Crippen molar-refractivity contribution < 1.29 is 22.5 Å². The van der Waals surface area contributed by atoms with E-state index in [1.54, 1.807) is 36.6 Å². The zero-order valence-corrected chi connectivity index (χ0v) is 22.3. The van der Waals surface area contributed by atoms with E-state index < -0.39 is 16.4 Å². The monoisotopic (exact) mass is 543 g/mol. The van der Waals surface area contributed by atoms with Gasteiger partial charge in [0.2, 0.25) is 5.91 Å². The van der Waals surface area contributed by atoms with Crippen LogP contribution in [0, 0.1) is 5.82 Å². The summed E-state index contributed by atoms with van der Waals surface area (Å²) in [5.41, 5.74) is 5.17. The lowest BCUT2D eigenvalue weighted by molar-refractivity contribution is -0.120. The molecule has 0 spiro atoms. The summed E-state index contributed by atoms with van der Waals surface area (Å²) in [7, 11) is -1.06. The molecule has 0 bridgehead atoms. The van der Waals surface area contributed by atoms with Crippen LogP contribution < -0.4 is 15.7 Å². The predicted molar refractivity (Wildman–Crippen MR) is 151 cm³/mol. The first-order valence-corrected chi connectivity index (χ1v) is 13.9. The molecule has 3 aromatic carbocycles. The molecule has 1 aliphatic carbocycles. The lowest BCUT2D eigenvalue weighted by Crippen LogP contribution is -2.28. The number of allylic oxidation sites excluding steroid dienone is 2. The normalized spacial score (nSPS) is 14.5. The number of nitrogens with one attached hydrogen (secondary N) is 1. The molecule has 198 valence electrons. The third kappa shape index (κ3) is 5.91. The number of ether oxygens (including phenoxy) is 1. The number of carbonyl (C=O) groups is 1. The molecule has 1 heterocycles. The maximum atomic E-state index is 14.2. The number of hydrogen-bond acceptors (Lipinski definition) is 5. The molecule has 0 saturated heterocycles. The van der Waals surface area contributed by atoms with Gasteiger partial charge in [0.15, 0.2) is 0 Å². The van der Waals surface area contributed by atoms with Gasteiger partial charge in [0, 0.05) is 33.4 Å². The van der Waals surface area contributed by atoms with Crippen LogP contribution in [0.25, 0.3) is 28.2 Å². The minimum absolute atomic E-state index is 0.0996. The third-order valence-corrected chi connectivity index (χ3v) is 7.53. The quantitative estimate of drug-likeness (QED) is 0.232. The van der Waals surface area contributed by atoms with Gasteiger partial charge >= 0.3 is 5.63 Å². The maximum Gasteiger partial charge on any atom is 0.336 e. The van der Waals surface area contributed by atoms with Crippen molar-refractivity contribution in [2.75, 3.05) is 19.4 Å². The molecule has 1 amide bonds. The fraction of sp³-hybridized carbons (Fsp3) is 0.161. The van der Waals surface area contributed by atoms with Gasteiger partial charge in [0.1, 0.15) is 23.8 Å². The second-order valence-electron chi connectivity index (χ2n) is 9.20. The molecule has 0 fully saturated rings. The summed E-state index contributed by atoms with van der Waals surface area (Å²) in [6.45, 7) is 2.48. The SMILES string of the molecule is CC1=C(CC(=O)NCCOc2ccc3oc(=O)ccc3c2)c2cc(F)ccc2/C1=C\c1ccc(S(C)=O)cc1. The van der Waals surface area contributed by atoms with Crippen LogP contribution in [-0.4, -0.2) is 29.5 Å². The number of halogens is 1. The Hall–Kier alpha value is -4.30. The Kier molecular flexibility index (Phi) is 7.56. The fourth-order valence-corrected chi connectivity index (χ4v) is 5.15. The summed E-state index contributed by atoms with van der Waals surface area (Å²) in [5.74, 6) is 0.0374. The molecule has 0 aliphatic heterocycles. The van der Waals surface area contributed by atoms with Crippen molar-refractivity contribution in [1.82, 2.24) is 5.32 Å². The van der Waals surface area contributed by atoms with Gasteiger partial charge in [-0.25, -0.2) is 9.18 Å². The second-order valence-corrected chi connectivity index (χ2v) is 10.6. The van der Waals surface area contributed by atoms with E-state index in [4.69, 9.17) is 9.15 Å². The third-order valence-electron chi connectivity index (χ3n) is 6.60. The van der Waals surface area contributed by atoms with Crippen LogP contribution >= 0.6 is 0 Å². The number of benzene rings is 3. The lowest BCUT2D eigenvalue weighted by atomic mass is 10.0. The number of rotatable bonds is 8. The smallest absolute Gasteiger partial charge is 0.336 e. The van der Waals surface area contributed by atoms with Gasteiger partial charge in [0.05, 0.1) is 13.0 Å². The average Bonchev–Trinajstić information content (AvgIpc) is 3.16. The van der Waals surface area contributed by atoms with Gasteiger partial charge in [-0.05, 0) is 94.9 Å². The van der Waals surface area contributed by atoms with Crippen LogP contribution in [0.5, 0.6) is 5.75 Å². The number of carbonyl (C=O) groups excluding carboxylic acids is 1. The highest BCUT2D eigenvalue weighted by Gasteiger charge is 2.25. The molecular formula is C31H26FNO5S. The van der Waals surface area contributed by atoms with Gasteiger partial charge in [-0.1, -0.05) is 18.2 Å². The largest absolute Gasteiger partial charge is 0.492 e. The zero-order chi connectivity index (χ0) is 27.5. The Bertz CT molecular complexity index is 1720. The van der Waals surface area contributed by atoms with Crippen LogP contribution in [0.4, 0.5) is 4.39 Å². The van der Waals surface area contributed by atoms with Gasteiger partial charge < -0.3 is 14.5 Å². The van der Waals surface area contributed by atoms with Crippen molar-refractivity contribution >= 4 is 44.9 Å². The van der Waals surface area contributed by atoms with E-state index in [2.05, 4.69) is 5.32 Å². The maximum absolute atomic E-state index is 14.2. The van der Waals surface area contributed by atoms with Crippen LogP contribution in [-0.2, 0) is 15.6 Å². The van der Waals surface area contributed by atoms with E-state index in [1.807, 2.05) is 37.3 Å². The molecule has 1 unspecified atom stereocenters. The summed E-state index contributed by atoms with van der Waals surface area (Å²) < 4.78 is 36.8. The second kappa shape index (κ2) is 11.2. The molecule has 5 rings (SSSR count). The van der Waals surface area contributed by atoms with Crippen LogP contribution in [0.15, 0.2) is 92.5 Å². The van der Waals surface area contributed by atoms with E-state index >= 15 is 0 Å². The molecular weight excluding hydrogens is 517 g/mol. The van der Waals surface area contributed by atoms with Crippen molar-refractivity contribution in [2.24, 2.45) is 0 Å². The standard InChI is InChI=1S/C31H26FNO5S/c1-19-26(15-20-3-8-24(9-4-20)39(2)36)25-10-6-22(32)17-28(25)27(19)18-30(34)33-13-14-37-23-7-11-29-21(16-23)5-12-31(35)38-29/h3-12,15-17H,13-14,18H2,1-2H3,(H,33,34)/b26-15-. The van der Waals surface area contributed by atoms with Crippen molar-refractivity contribution in [3.63, 3.8) is 0 Å². The first-order valence-electron chi connectivity index (χ1n) is 12.4. The summed E-state index contributed by atoms with van der Waals surface area (Å²) in [4.78, 5) is 24.9. The highest BCUT2D eigenvalue weighted by atomic mass is 32.2. The number of hydrogen-bond donors (Lipinski definition) is 1. The molecule has 0 radical (unpaired) electrons. The predicted octanol–water partition coefficient (Wildman–Crippen LogP) is 5.58. The summed E-state index contributed by atoms with van der Waals surface area (Å²) in [5, 5.41) is 3.61. The van der Waals surface area contributed by atoms with Crippen LogP contribution in [0.1, 0.15) is 30.0 Å². The Morgan fingerprint density at radius 1 is 1.03 bits per heavy atom. The molecule has 0 saturated carbocycles. The van der Waals surface area contributed by atoms with E-state index in [-0.39, 0.29) is 31.3 Å². The van der Waals surface area contributed by atoms with E-state index in [9.17, 15) is 18.2 Å². The molecule has 6 nitrogen and oxygen atoms in total. The zero-order valence-electron chi connectivity index (χ0n) is 21.5. The van der Waals surface area contributed by atoms with Gasteiger partial charge in [0.25, 0.3) is 0 Å². The van der Waals surface area contributed by atoms with Crippen molar-refractivity contribution in [1.29, 1.82) is 0 Å². The van der Waals surface area contributed by atoms with Gasteiger partial charge in [-0.2, -0.15) is 0 Å². The van der Waals surface area contributed by atoms with Crippen LogP contribution in [0.3, 0.4) is 0 Å². The van der Waals surface area contributed by atoms with Crippen molar-refractivity contribution in [3.05, 3.63) is 111 Å². The molecule has 1 atom stereocenters. The molecule has 1 N–H and O–H groups in total. The first-order chi connectivity index (χ1) is 18.8. The highest BCUT2D eigenvalue weighted by molar-refractivity contribution is 7.84. The van der Waals surface area contributed by atoms with Crippen molar-refractivity contribution in [3.8, 4) is 5.75 Å². The summed E-state index contributed by atoms with van der Waals surface area (Å²) in [6.07, 6.45) is 3.74. The van der Waals surface area contributed by atoms with Crippen LogP contribution in [0.2, 0.25) is 0 Å². The topological polar surface area (TPSA) is 85.6 Å². The Labute approximate surface area is 227 Å². The van der Waals surface area contributed by atoms with Gasteiger partial charge in [-0.3, -0.25) is 9.00 Å². The van der Waals surface area contributed by atoms with E-state index in [0.717, 1.165) is 38.1 Å². The lowest BCUT2D eigenvalue weighted by Gasteiger charge is -2.10. The van der Waals surface area contributed by atoms with E-state index in [1.165, 1.54) is 18.2 Å². The highest BCUT2D eigenvalue weighted by Crippen LogP contribution is 2.43. The first kappa shape index (κ1) is 26.3. The average molecular weight is 544 g/mol.